The number of nitrogens with two attached hydrogens (primary N) is 1. The van der Waals surface area contributed by atoms with Crippen LogP contribution < -0.4 is 5.73 Å². The molecule has 6 heteroatoms. The van der Waals surface area contributed by atoms with Crippen LogP contribution in [0.1, 0.15) is 11.4 Å². The fourth-order valence-electron chi connectivity index (χ4n) is 0.753. The molecule has 3 N–H and O–H groups in total. The van der Waals surface area contributed by atoms with Crippen molar-refractivity contribution in [3.05, 3.63) is 24.0 Å². The maximum atomic E-state index is 12.0. The van der Waals surface area contributed by atoms with E-state index < -0.39 is 11.9 Å². The average Bonchev–Trinajstić information content (AvgIpc) is 2.50. The largest absolute Gasteiger partial charge is 0.432 e. The summed E-state index contributed by atoms with van der Waals surface area (Å²) in [7, 11) is 0. The molecule has 0 radical (unpaired) electrons. The Kier molecular flexibility index (Phi) is 2.42. The molecule has 1 aromatic rings. The Morgan fingerprint density at radius 2 is 2.23 bits per heavy atom. The average molecular weight is 191 g/mol. The number of H-pyrrole nitrogens is 1. The number of halogens is 3. The molecule has 0 spiro atoms. The molecule has 0 saturated carbocycles. The fourth-order valence-corrected chi connectivity index (χ4v) is 0.753. The van der Waals surface area contributed by atoms with Crippen LogP contribution in [0, 0.1) is 0 Å². The minimum atomic E-state index is -4.40. The molecule has 0 aliphatic heterocycles. The number of hydrogen-bond acceptors (Lipinski definition) is 2. The SMILES string of the molecule is C=C(CN)c1cc(C(F)(F)F)[nH]n1. The van der Waals surface area contributed by atoms with Crippen LogP contribution in [0.25, 0.3) is 5.57 Å². The molecule has 1 rings (SSSR count). The van der Waals surface area contributed by atoms with Crippen LogP contribution in [0.5, 0.6) is 0 Å². The van der Waals surface area contributed by atoms with Crippen molar-refractivity contribution >= 4 is 5.57 Å². The van der Waals surface area contributed by atoms with E-state index in [1.807, 2.05) is 5.10 Å². The van der Waals surface area contributed by atoms with Crippen LogP contribution >= 0.6 is 0 Å². The lowest BCUT2D eigenvalue weighted by Gasteiger charge is -1.99. The molecule has 0 saturated heterocycles. The number of aromatic nitrogens is 2. The van der Waals surface area contributed by atoms with E-state index in [9.17, 15) is 13.2 Å². The summed E-state index contributed by atoms with van der Waals surface area (Å²) < 4.78 is 36.1. The first-order chi connectivity index (χ1) is 5.95. The summed E-state index contributed by atoms with van der Waals surface area (Å²) in [5, 5.41) is 5.30. The third-order valence-electron chi connectivity index (χ3n) is 1.49. The van der Waals surface area contributed by atoms with Crippen molar-refractivity contribution in [2.75, 3.05) is 6.54 Å². The highest BCUT2D eigenvalue weighted by Crippen LogP contribution is 2.28. The molecule has 0 unspecified atom stereocenters. The molecule has 0 aliphatic carbocycles. The second-order valence-electron chi connectivity index (χ2n) is 2.47. The Hall–Kier alpha value is -1.30. The van der Waals surface area contributed by atoms with Crippen LogP contribution in [0.15, 0.2) is 12.6 Å². The van der Waals surface area contributed by atoms with E-state index in [1.165, 1.54) is 0 Å². The molecule has 1 heterocycles. The van der Waals surface area contributed by atoms with Gasteiger partial charge in [-0.1, -0.05) is 6.58 Å². The lowest BCUT2D eigenvalue weighted by atomic mass is 10.2. The summed E-state index contributed by atoms with van der Waals surface area (Å²) >= 11 is 0. The van der Waals surface area contributed by atoms with Gasteiger partial charge in [0.05, 0.1) is 5.69 Å². The van der Waals surface area contributed by atoms with Crippen LogP contribution in [0.2, 0.25) is 0 Å². The maximum Gasteiger partial charge on any atom is 0.432 e. The first-order valence-electron chi connectivity index (χ1n) is 3.46. The van der Waals surface area contributed by atoms with Crippen molar-refractivity contribution in [1.29, 1.82) is 0 Å². The van der Waals surface area contributed by atoms with Gasteiger partial charge in [0.1, 0.15) is 5.69 Å². The molecule has 1 aromatic heterocycles. The summed E-state index contributed by atoms with van der Waals surface area (Å²) in [6.45, 7) is 3.55. The minimum Gasteiger partial charge on any atom is -0.326 e. The first-order valence-corrected chi connectivity index (χ1v) is 3.46. The highest BCUT2D eigenvalue weighted by Gasteiger charge is 2.33. The second-order valence-corrected chi connectivity index (χ2v) is 2.47. The van der Waals surface area contributed by atoms with Gasteiger partial charge in [-0.25, -0.2) is 0 Å². The van der Waals surface area contributed by atoms with E-state index in [0.29, 0.717) is 5.57 Å². The molecule has 72 valence electrons. The van der Waals surface area contributed by atoms with Gasteiger partial charge in [-0.2, -0.15) is 18.3 Å². The summed E-state index contributed by atoms with van der Waals surface area (Å²) in [5.74, 6) is 0. The normalized spacial score (nSPS) is 11.7. The molecule has 0 aliphatic rings. The lowest BCUT2D eigenvalue weighted by molar-refractivity contribution is -0.141. The third kappa shape index (κ3) is 2.09. The number of hydrogen-bond donors (Lipinski definition) is 2. The predicted molar refractivity (Wildman–Crippen MR) is 41.7 cm³/mol. The topological polar surface area (TPSA) is 54.7 Å². The fraction of sp³-hybridized carbons (Fsp3) is 0.286. The van der Waals surface area contributed by atoms with Crippen molar-refractivity contribution in [3.63, 3.8) is 0 Å². The highest BCUT2D eigenvalue weighted by atomic mass is 19.4. The number of alkyl halides is 3. The van der Waals surface area contributed by atoms with Crippen molar-refractivity contribution < 1.29 is 13.2 Å². The van der Waals surface area contributed by atoms with Crippen molar-refractivity contribution in [2.24, 2.45) is 5.73 Å². The van der Waals surface area contributed by atoms with E-state index in [1.54, 1.807) is 0 Å². The molecule has 0 atom stereocenters. The molecular weight excluding hydrogens is 183 g/mol. The van der Waals surface area contributed by atoms with Crippen LogP contribution in [-0.4, -0.2) is 16.7 Å². The van der Waals surface area contributed by atoms with Gasteiger partial charge in [-0.05, 0) is 11.6 Å². The van der Waals surface area contributed by atoms with E-state index in [4.69, 9.17) is 5.73 Å². The summed E-state index contributed by atoms with van der Waals surface area (Å²) in [4.78, 5) is 0. The van der Waals surface area contributed by atoms with Gasteiger partial charge >= 0.3 is 6.18 Å². The summed E-state index contributed by atoms with van der Waals surface area (Å²) in [6, 6.07) is 0.884. The van der Waals surface area contributed by atoms with Gasteiger partial charge in [0.25, 0.3) is 0 Å². The van der Waals surface area contributed by atoms with Gasteiger partial charge < -0.3 is 5.73 Å². The Morgan fingerprint density at radius 3 is 2.62 bits per heavy atom. The Balaban J connectivity index is 2.93. The number of aromatic amines is 1. The highest BCUT2D eigenvalue weighted by molar-refractivity contribution is 5.61. The number of nitrogens with zero attached hydrogens (tertiary/aromatic N) is 1. The number of rotatable bonds is 2. The van der Waals surface area contributed by atoms with Gasteiger partial charge in [-0.15, -0.1) is 0 Å². The van der Waals surface area contributed by atoms with Crippen LogP contribution in [-0.2, 0) is 6.18 Å². The smallest absolute Gasteiger partial charge is 0.326 e. The van der Waals surface area contributed by atoms with Crippen molar-refractivity contribution in [3.8, 4) is 0 Å². The molecule has 0 amide bonds. The molecule has 13 heavy (non-hydrogen) atoms. The van der Waals surface area contributed by atoms with E-state index >= 15 is 0 Å². The Bertz CT molecular complexity index is 313. The maximum absolute atomic E-state index is 12.0. The predicted octanol–water partition coefficient (Wildman–Crippen LogP) is 1.40. The van der Waals surface area contributed by atoms with Crippen molar-refractivity contribution in [1.82, 2.24) is 10.2 Å². The quantitative estimate of drug-likeness (QED) is 0.742. The molecule has 0 aromatic carbocycles. The molecule has 0 bridgehead atoms. The Morgan fingerprint density at radius 1 is 1.62 bits per heavy atom. The second kappa shape index (κ2) is 3.21. The van der Waals surface area contributed by atoms with Gasteiger partial charge in [0.15, 0.2) is 0 Å². The third-order valence-corrected chi connectivity index (χ3v) is 1.49. The molecule has 0 fully saturated rings. The first kappa shape index (κ1) is 9.79. The summed E-state index contributed by atoms with van der Waals surface area (Å²) in [5.41, 5.74) is 4.81. The van der Waals surface area contributed by atoms with E-state index in [-0.39, 0.29) is 12.2 Å². The molecular formula is C7H8F3N3. The molecule has 3 nitrogen and oxygen atoms in total. The van der Waals surface area contributed by atoms with Crippen LogP contribution in [0.4, 0.5) is 13.2 Å². The van der Waals surface area contributed by atoms with E-state index in [0.717, 1.165) is 6.07 Å². The van der Waals surface area contributed by atoms with Crippen molar-refractivity contribution in [2.45, 2.75) is 6.18 Å². The monoisotopic (exact) mass is 191 g/mol. The van der Waals surface area contributed by atoms with Gasteiger partial charge in [0.2, 0.25) is 0 Å². The van der Waals surface area contributed by atoms with Gasteiger partial charge in [-0.3, -0.25) is 5.10 Å². The zero-order valence-corrected chi connectivity index (χ0v) is 6.65. The zero-order chi connectivity index (χ0) is 10.1. The van der Waals surface area contributed by atoms with E-state index in [2.05, 4.69) is 11.7 Å². The Labute approximate surface area is 72.4 Å². The van der Waals surface area contributed by atoms with Gasteiger partial charge in [0, 0.05) is 6.54 Å². The zero-order valence-electron chi connectivity index (χ0n) is 6.65. The summed E-state index contributed by atoms with van der Waals surface area (Å²) in [6.07, 6.45) is -4.40. The standard InChI is InChI=1S/C7H8F3N3/c1-4(3-11)5-2-6(13-12-5)7(8,9)10/h2H,1,3,11H2,(H,12,13). The minimum absolute atomic E-state index is 0.0855. The number of nitrogens with one attached hydrogen (secondary N) is 1. The van der Waals surface area contributed by atoms with Crippen LogP contribution in [0.3, 0.4) is 0 Å². The lowest BCUT2D eigenvalue weighted by Crippen LogP contribution is -2.04.